The van der Waals surface area contributed by atoms with Crippen LogP contribution < -0.4 is 4.90 Å². The van der Waals surface area contributed by atoms with Crippen LogP contribution in [0.1, 0.15) is 42.7 Å². The summed E-state index contributed by atoms with van der Waals surface area (Å²) in [6.45, 7) is 1.87. The molecule has 0 spiro atoms. The van der Waals surface area contributed by atoms with E-state index in [0.717, 1.165) is 23.8 Å². The van der Waals surface area contributed by atoms with E-state index in [1.54, 1.807) is 0 Å². The van der Waals surface area contributed by atoms with Crippen LogP contribution in [0.2, 0.25) is 0 Å². The normalized spacial score (nSPS) is 30.1. The maximum absolute atomic E-state index is 15.2. The van der Waals surface area contributed by atoms with Crippen LogP contribution in [-0.2, 0) is 25.7 Å². The lowest BCUT2D eigenvalue weighted by Crippen LogP contribution is -2.60. The van der Waals surface area contributed by atoms with Crippen LogP contribution in [0.3, 0.4) is 0 Å². The Labute approximate surface area is 313 Å². The predicted molar refractivity (Wildman–Crippen MR) is 181 cm³/mol. The van der Waals surface area contributed by atoms with E-state index in [2.05, 4.69) is 4.90 Å². The first-order valence-electron chi connectivity index (χ1n) is 17.2. The predicted octanol–water partition coefficient (Wildman–Crippen LogP) is 6.45. The molecule has 3 heterocycles. The zero-order valence-electron chi connectivity index (χ0n) is 28.0. The number of alkyl halides is 2. The highest BCUT2D eigenvalue weighted by Crippen LogP contribution is 2.66. The summed E-state index contributed by atoms with van der Waals surface area (Å²) in [5.74, 6) is -23.6. The molecule has 282 valence electrons. The Kier molecular flexibility index (Phi) is 8.70. The number of likely N-dealkylation sites (tertiary alicyclic amines) is 2. The van der Waals surface area contributed by atoms with Gasteiger partial charge in [-0.15, -0.1) is 23.2 Å². The van der Waals surface area contributed by atoms with Gasteiger partial charge in [-0.3, -0.25) is 29.0 Å². The van der Waals surface area contributed by atoms with Gasteiger partial charge in [0, 0.05) is 31.6 Å². The number of anilines is 1. The van der Waals surface area contributed by atoms with E-state index in [9.17, 15) is 41.8 Å². The van der Waals surface area contributed by atoms with Crippen LogP contribution >= 0.6 is 23.2 Å². The van der Waals surface area contributed by atoms with Gasteiger partial charge in [-0.2, -0.15) is 0 Å². The number of piperidine rings is 1. The number of imide groups is 2. The molecule has 5 aliphatic rings. The average Bonchev–Trinajstić information content (AvgIpc) is 3.50. The van der Waals surface area contributed by atoms with Crippen LogP contribution in [0.4, 0.5) is 32.0 Å². The number of allylic oxidation sites excluding steroid dienone is 2. The minimum absolute atomic E-state index is 0.0345. The van der Waals surface area contributed by atoms with Crippen molar-refractivity contribution >= 4 is 52.5 Å². The lowest BCUT2D eigenvalue weighted by atomic mass is 9.56. The van der Waals surface area contributed by atoms with Gasteiger partial charge in [-0.1, -0.05) is 48.0 Å². The fourth-order valence-corrected chi connectivity index (χ4v) is 10.1. The van der Waals surface area contributed by atoms with Crippen LogP contribution in [-0.4, -0.2) is 67.4 Å². The van der Waals surface area contributed by atoms with Crippen LogP contribution in [0, 0.1) is 52.7 Å². The highest BCUT2D eigenvalue weighted by atomic mass is 35.5. The molecular weight excluding hydrogens is 763 g/mol. The van der Waals surface area contributed by atoms with Gasteiger partial charge < -0.3 is 5.11 Å². The fourth-order valence-electron chi connectivity index (χ4n) is 9.20. The molecule has 1 saturated carbocycles. The van der Waals surface area contributed by atoms with Gasteiger partial charge in [0.1, 0.15) is 5.69 Å². The number of fused-ring (bicyclic) bond motifs is 4. The molecule has 16 heteroatoms. The molecule has 8 rings (SSSR count). The number of rotatable bonds is 5. The molecule has 3 aromatic rings. The highest BCUT2D eigenvalue weighted by molar-refractivity contribution is 6.58. The smallest absolute Gasteiger partial charge is 0.258 e. The van der Waals surface area contributed by atoms with Crippen LogP contribution in [0.15, 0.2) is 60.2 Å². The van der Waals surface area contributed by atoms with Crippen molar-refractivity contribution in [1.82, 2.24) is 9.80 Å². The van der Waals surface area contributed by atoms with Crippen molar-refractivity contribution in [3.8, 4) is 5.75 Å². The number of nitrogens with zero attached hydrogens (tertiary/aromatic N) is 3. The molecule has 0 bridgehead atoms. The fraction of sp³-hybridized carbons (Fsp3) is 0.368. The van der Waals surface area contributed by atoms with Gasteiger partial charge in [-0.05, 0) is 54.9 Å². The van der Waals surface area contributed by atoms with Gasteiger partial charge in [0.15, 0.2) is 44.6 Å². The van der Waals surface area contributed by atoms with E-state index < -0.39 is 116 Å². The summed E-state index contributed by atoms with van der Waals surface area (Å²) in [7, 11) is 0. The molecule has 54 heavy (non-hydrogen) atoms. The number of hydrogen-bond donors (Lipinski definition) is 1. The van der Waals surface area contributed by atoms with Crippen molar-refractivity contribution in [3.63, 3.8) is 0 Å². The van der Waals surface area contributed by atoms with Gasteiger partial charge in [0.25, 0.3) is 11.8 Å². The van der Waals surface area contributed by atoms with Gasteiger partial charge in [0.2, 0.25) is 17.6 Å². The number of carbonyl (C=O) groups is 4. The maximum Gasteiger partial charge on any atom is 0.258 e. The second-order valence-corrected chi connectivity index (χ2v) is 15.7. The number of carbonyl (C=O) groups excluding carboxylic acids is 4. The van der Waals surface area contributed by atoms with Gasteiger partial charge in [-0.25, -0.2) is 31.2 Å². The van der Waals surface area contributed by atoms with Crippen molar-refractivity contribution < 1.29 is 50.6 Å². The molecular formula is C38H29Cl2F6N3O5. The monoisotopic (exact) mass is 791 g/mol. The van der Waals surface area contributed by atoms with E-state index in [4.69, 9.17) is 23.2 Å². The summed E-state index contributed by atoms with van der Waals surface area (Å²) in [6, 6.07) is 12.2. The number of phenols is 1. The Balaban J connectivity index is 1.18. The SMILES string of the molecule is O=C1[C@H]2[C@H](CC=C3[C@H]2C[C@@]2(Cl)C(=O)N(c4c(F)c(F)c(F)c(F)c4F)C(=O)[C@@]2(Cl)[C@H]3c2ccc(O)c(F)c2)C(=O)N1C1CCN(Cc2ccccc2)CC1. The summed E-state index contributed by atoms with van der Waals surface area (Å²) in [6.07, 6.45) is 1.81. The minimum atomic E-state index is -2.79. The Bertz CT molecular complexity index is 2160. The molecule has 3 aromatic carbocycles. The van der Waals surface area contributed by atoms with Crippen molar-refractivity contribution in [2.24, 2.45) is 17.8 Å². The maximum atomic E-state index is 15.2. The van der Waals surface area contributed by atoms with Crippen molar-refractivity contribution in [3.05, 3.63) is 106 Å². The third-order valence-electron chi connectivity index (χ3n) is 11.7. The summed E-state index contributed by atoms with van der Waals surface area (Å²) in [5.41, 5.74) is -0.759. The summed E-state index contributed by atoms with van der Waals surface area (Å²) in [4.78, 5) is 54.8. The Hall–Kier alpha value is -4.40. The van der Waals surface area contributed by atoms with Gasteiger partial charge in [0.05, 0.1) is 11.8 Å². The molecule has 0 radical (unpaired) electrons. The molecule has 4 fully saturated rings. The molecule has 1 N–H and O–H groups in total. The summed E-state index contributed by atoms with van der Waals surface area (Å²) < 4.78 is 88.4. The largest absolute Gasteiger partial charge is 0.505 e. The molecule has 4 amide bonds. The Morgan fingerprint density at radius 2 is 1.41 bits per heavy atom. The molecule has 0 aromatic heterocycles. The third kappa shape index (κ3) is 5.01. The zero-order valence-corrected chi connectivity index (χ0v) is 29.5. The highest BCUT2D eigenvalue weighted by Gasteiger charge is 2.77. The van der Waals surface area contributed by atoms with E-state index in [-0.39, 0.29) is 22.5 Å². The first-order valence-corrected chi connectivity index (χ1v) is 18.0. The van der Waals surface area contributed by atoms with Crippen molar-refractivity contribution in [1.29, 1.82) is 0 Å². The van der Waals surface area contributed by atoms with Crippen molar-refractivity contribution in [2.45, 2.75) is 53.9 Å². The van der Waals surface area contributed by atoms with Crippen LogP contribution in [0.25, 0.3) is 0 Å². The van der Waals surface area contributed by atoms with E-state index in [1.165, 1.54) is 11.0 Å². The van der Waals surface area contributed by atoms with E-state index in [0.29, 0.717) is 32.5 Å². The molecule has 3 saturated heterocycles. The molecule has 6 atom stereocenters. The number of benzene rings is 3. The summed E-state index contributed by atoms with van der Waals surface area (Å²) >= 11 is 14.2. The standard InChI is InChI=1S/C38H29Cl2F6N3O5/c39-37-15-22-20(7-8-21-25(22)34(52)48(33(21)51)19-10-12-47(13-11-19)16-17-4-2-1-3-5-17)26(18-6-9-24(50)23(41)14-18)38(37,40)36(54)49(35(37)53)32-30(45)28(43)27(42)29(44)31(32)46/h1-7,9,14,19,21-22,25-26,50H,8,10-13,15-16H2/t21-,22+,25-,26-,37+,38-/m0/s1. The third-order valence-corrected chi connectivity index (χ3v) is 13.1. The lowest BCUT2D eigenvalue weighted by Gasteiger charge is -2.50. The number of halogens is 8. The number of amides is 4. The molecule has 2 aliphatic carbocycles. The zero-order chi connectivity index (χ0) is 38.6. The van der Waals surface area contributed by atoms with E-state index in [1.807, 2.05) is 30.3 Å². The van der Waals surface area contributed by atoms with Gasteiger partial charge >= 0.3 is 0 Å². The topological polar surface area (TPSA) is 98.2 Å². The van der Waals surface area contributed by atoms with Crippen LogP contribution in [0.5, 0.6) is 5.75 Å². The second kappa shape index (κ2) is 12.8. The second-order valence-electron chi connectivity index (χ2n) is 14.4. The first kappa shape index (κ1) is 36.6. The quantitative estimate of drug-likeness (QED) is 0.0797. The Morgan fingerprint density at radius 3 is 2.04 bits per heavy atom. The molecule has 3 aliphatic heterocycles. The average molecular weight is 793 g/mol. The van der Waals surface area contributed by atoms with Crippen molar-refractivity contribution in [2.75, 3.05) is 18.0 Å². The molecule has 8 nitrogen and oxygen atoms in total. The Morgan fingerprint density at radius 1 is 0.778 bits per heavy atom. The number of hydrogen-bond acceptors (Lipinski definition) is 6. The summed E-state index contributed by atoms with van der Waals surface area (Å²) in [5, 5.41) is 9.97. The first-order chi connectivity index (χ1) is 25.6. The molecule has 0 unspecified atom stereocenters. The number of aromatic hydroxyl groups is 1. The number of phenolic OH excluding ortho intramolecular Hbond substituents is 1. The lowest BCUT2D eigenvalue weighted by molar-refractivity contribution is -0.144. The minimum Gasteiger partial charge on any atom is -0.505 e. The van der Waals surface area contributed by atoms with E-state index >= 15 is 8.78 Å².